The number of benzene rings is 1. The van der Waals surface area contributed by atoms with Gasteiger partial charge in [-0.15, -0.1) is 0 Å². The number of para-hydroxylation sites is 1. The summed E-state index contributed by atoms with van der Waals surface area (Å²) in [7, 11) is 0. The maximum atomic E-state index is 6.03. The van der Waals surface area contributed by atoms with Crippen molar-refractivity contribution < 1.29 is 4.74 Å². The van der Waals surface area contributed by atoms with Crippen molar-refractivity contribution in [3.8, 4) is 5.75 Å². The van der Waals surface area contributed by atoms with Gasteiger partial charge >= 0.3 is 0 Å². The van der Waals surface area contributed by atoms with Gasteiger partial charge in [0.15, 0.2) is 0 Å². The SMILES string of the molecule is ICc1ccccc1OC1CCNCC1. The highest BCUT2D eigenvalue weighted by atomic mass is 127. The lowest BCUT2D eigenvalue weighted by Crippen LogP contribution is -2.34. The number of hydrogen-bond donors (Lipinski definition) is 1. The third kappa shape index (κ3) is 3.08. The number of ether oxygens (including phenoxy) is 1. The van der Waals surface area contributed by atoms with E-state index in [1.807, 2.05) is 6.07 Å². The Balaban J connectivity index is 2.02. The van der Waals surface area contributed by atoms with Crippen LogP contribution in [0.15, 0.2) is 24.3 Å². The summed E-state index contributed by atoms with van der Waals surface area (Å²) in [6, 6.07) is 8.34. The fourth-order valence-corrected chi connectivity index (χ4v) is 2.45. The van der Waals surface area contributed by atoms with Crippen molar-refractivity contribution in [1.29, 1.82) is 0 Å². The highest BCUT2D eigenvalue weighted by molar-refractivity contribution is 14.1. The predicted octanol–water partition coefficient (Wildman–Crippen LogP) is 2.75. The molecule has 0 unspecified atom stereocenters. The molecule has 0 aliphatic carbocycles. The smallest absolute Gasteiger partial charge is 0.123 e. The Morgan fingerprint density at radius 1 is 1.27 bits per heavy atom. The predicted molar refractivity (Wildman–Crippen MR) is 70.7 cm³/mol. The summed E-state index contributed by atoms with van der Waals surface area (Å²) >= 11 is 2.38. The van der Waals surface area contributed by atoms with Crippen molar-refractivity contribution in [1.82, 2.24) is 5.32 Å². The summed E-state index contributed by atoms with van der Waals surface area (Å²) in [5.41, 5.74) is 1.30. The van der Waals surface area contributed by atoms with Crippen LogP contribution >= 0.6 is 22.6 Å². The van der Waals surface area contributed by atoms with E-state index in [0.29, 0.717) is 6.10 Å². The molecule has 0 amide bonds. The molecule has 0 saturated carbocycles. The molecule has 1 aliphatic heterocycles. The van der Waals surface area contributed by atoms with Crippen molar-refractivity contribution in [2.24, 2.45) is 0 Å². The summed E-state index contributed by atoms with van der Waals surface area (Å²) in [5.74, 6) is 1.07. The average Bonchev–Trinajstić information content (AvgIpc) is 2.31. The maximum Gasteiger partial charge on any atom is 0.123 e. The van der Waals surface area contributed by atoms with Crippen LogP contribution in [0.1, 0.15) is 18.4 Å². The number of hydrogen-bond acceptors (Lipinski definition) is 2. The summed E-state index contributed by atoms with van der Waals surface area (Å²) in [6.45, 7) is 2.16. The third-order valence-corrected chi connectivity index (χ3v) is 3.52. The largest absolute Gasteiger partial charge is 0.490 e. The number of rotatable bonds is 3. The number of halogens is 1. The van der Waals surface area contributed by atoms with Crippen LogP contribution in [-0.4, -0.2) is 19.2 Å². The second-order valence-corrected chi connectivity index (χ2v) is 4.57. The Hall–Kier alpha value is -0.290. The minimum absolute atomic E-state index is 0.398. The molecule has 0 bridgehead atoms. The molecule has 0 radical (unpaired) electrons. The zero-order chi connectivity index (χ0) is 10.5. The zero-order valence-electron chi connectivity index (χ0n) is 8.71. The second kappa shape index (κ2) is 5.70. The molecular formula is C12H16INO. The molecule has 1 saturated heterocycles. The Bertz CT molecular complexity index is 310. The molecule has 1 aliphatic rings. The van der Waals surface area contributed by atoms with E-state index in [1.54, 1.807) is 0 Å². The van der Waals surface area contributed by atoms with E-state index in [9.17, 15) is 0 Å². The Morgan fingerprint density at radius 2 is 2.00 bits per heavy atom. The number of nitrogens with one attached hydrogen (secondary N) is 1. The molecule has 2 rings (SSSR count). The second-order valence-electron chi connectivity index (χ2n) is 3.81. The number of piperidine rings is 1. The summed E-state index contributed by atoms with van der Waals surface area (Å²) < 4.78 is 7.05. The molecule has 1 N–H and O–H groups in total. The topological polar surface area (TPSA) is 21.3 Å². The standard InChI is InChI=1S/C12H16INO/c13-9-10-3-1-2-4-12(10)15-11-5-7-14-8-6-11/h1-4,11,14H,5-9H2. The van der Waals surface area contributed by atoms with E-state index in [4.69, 9.17) is 4.74 Å². The van der Waals surface area contributed by atoms with Gasteiger partial charge in [-0.05, 0) is 32.0 Å². The first-order valence-electron chi connectivity index (χ1n) is 5.41. The van der Waals surface area contributed by atoms with Crippen LogP contribution in [0.3, 0.4) is 0 Å². The first kappa shape index (κ1) is 11.2. The van der Waals surface area contributed by atoms with Crippen LogP contribution in [0.2, 0.25) is 0 Å². The molecule has 0 spiro atoms. The molecule has 0 aromatic heterocycles. The molecule has 82 valence electrons. The van der Waals surface area contributed by atoms with Crippen molar-refractivity contribution >= 4 is 22.6 Å². The zero-order valence-corrected chi connectivity index (χ0v) is 10.9. The van der Waals surface area contributed by atoms with Gasteiger partial charge in [0.2, 0.25) is 0 Å². The van der Waals surface area contributed by atoms with Crippen LogP contribution < -0.4 is 10.1 Å². The molecule has 1 aromatic rings. The summed E-state index contributed by atoms with van der Waals surface area (Å²) in [4.78, 5) is 0. The average molecular weight is 317 g/mol. The van der Waals surface area contributed by atoms with Crippen LogP contribution in [0, 0.1) is 0 Å². The van der Waals surface area contributed by atoms with E-state index in [0.717, 1.165) is 36.1 Å². The van der Waals surface area contributed by atoms with E-state index >= 15 is 0 Å². The van der Waals surface area contributed by atoms with E-state index < -0.39 is 0 Å². The van der Waals surface area contributed by atoms with Crippen molar-refractivity contribution in [3.63, 3.8) is 0 Å². The minimum atomic E-state index is 0.398. The fraction of sp³-hybridized carbons (Fsp3) is 0.500. The van der Waals surface area contributed by atoms with Crippen LogP contribution in [0.5, 0.6) is 5.75 Å². The van der Waals surface area contributed by atoms with Gasteiger partial charge in [0, 0.05) is 9.99 Å². The molecule has 1 heterocycles. The monoisotopic (exact) mass is 317 g/mol. The first-order valence-corrected chi connectivity index (χ1v) is 6.94. The molecular weight excluding hydrogens is 301 g/mol. The van der Waals surface area contributed by atoms with Crippen LogP contribution in [-0.2, 0) is 4.43 Å². The van der Waals surface area contributed by atoms with Crippen molar-refractivity contribution in [2.75, 3.05) is 13.1 Å². The highest BCUT2D eigenvalue weighted by Crippen LogP contribution is 2.23. The Labute approximate surface area is 105 Å². The van der Waals surface area contributed by atoms with Crippen molar-refractivity contribution in [3.05, 3.63) is 29.8 Å². The molecule has 0 atom stereocenters. The van der Waals surface area contributed by atoms with Gasteiger partial charge < -0.3 is 10.1 Å². The Morgan fingerprint density at radius 3 is 2.73 bits per heavy atom. The van der Waals surface area contributed by atoms with Gasteiger partial charge in [0.05, 0.1) is 0 Å². The van der Waals surface area contributed by atoms with Gasteiger partial charge in [0.1, 0.15) is 11.9 Å². The van der Waals surface area contributed by atoms with Crippen molar-refractivity contribution in [2.45, 2.75) is 23.4 Å². The molecule has 15 heavy (non-hydrogen) atoms. The molecule has 1 fully saturated rings. The van der Waals surface area contributed by atoms with Gasteiger partial charge in [-0.25, -0.2) is 0 Å². The lowest BCUT2D eigenvalue weighted by molar-refractivity contribution is 0.161. The van der Waals surface area contributed by atoms with Crippen LogP contribution in [0.4, 0.5) is 0 Å². The summed E-state index contributed by atoms with van der Waals surface area (Å²) in [6.07, 6.45) is 2.64. The van der Waals surface area contributed by atoms with Gasteiger partial charge in [-0.3, -0.25) is 0 Å². The van der Waals surface area contributed by atoms with E-state index in [-0.39, 0.29) is 0 Å². The van der Waals surface area contributed by atoms with E-state index in [2.05, 4.69) is 46.1 Å². The quantitative estimate of drug-likeness (QED) is 0.684. The highest BCUT2D eigenvalue weighted by Gasteiger charge is 2.15. The number of alkyl halides is 1. The maximum absolute atomic E-state index is 6.03. The molecule has 3 heteroatoms. The van der Waals surface area contributed by atoms with Gasteiger partial charge in [-0.2, -0.15) is 0 Å². The molecule has 1 aromatic carbocycles. The van der Waals surface area contributed by atoms with E-state index in [1.165, 1.54) is 5.56 Å². The first-order chi connectivity index (χ1) is 7.40. The Kier molecular flexibility index (Phi) is 4.26. The minimum Gasteiger partial charge on any atom is -0.490 e. The van der Waals surface area contributed by atoms with Crippen LogP contribution in [0.25, 0.3) is 0 Å². The normalized spacial score (nSPS) is 17.7. The van der Waals surface area contributed by atoms with Gasteiger partial charge in [0.25, 0.3) is 0 Å². The fourth-order valence-electron chi connectivity index (χ4n) is 1.82. The third-order valence-electron chi connectivity index (χ3n) is 2.70. The van der Waals surface area contributed by atoms with Gasteiger partial charge in [-0.1, -0.05) is 40.8 Å². The molecule has 2 nitrogen and oxygen atoms in total. The lowest BCUT2D eigenvalue weighted by Gasteiger charge is -2.24. The summed E-state index contributed by atoms with van der Waals surface area (Å²) in [5, 5.41) is 3.35. The lowest BCUT2D eigenvalue weighted by atomic mass is 10.1.